The van der Waals surface area contributed by atoms with Crippen molar-refractivity contribution in [2.24, 2.45) is 0 Å². The summed E-state index contributed by atoms with van der Waals surface area (Å²) >= 11 is 1.33. The van der Waals surface area contributed by atoms with Crippen LogP contribution in [0.1, 0.15) is 54.8 Å². The first-order valence-electron chi connectivity index (χ1n) is 14.4. The van der Waals surface area contributed by atoms with E-state index in [2.05, 4.69) is 31.2 Å². The van der Waals surface area contributed by atoms with Crippen LogP contribution in [0.3, 0.4) is 0 Å². The lowest BCUT2D eigenvalue weighted by molar-refractivity contribution is 0.0362. The minimum atomic E-state index is -0.646. The molecular weight excluding hydrogens is 568 g/mol. The molecule has 4 N–H and O–H groups in total. The maximum absolute atomic E-state index is 13.0. The van der Waals surface area contributed by atoms with Gasteiger partial charge in [0.05, 0.1) is 30.6 Å². The number of morpholine rings is 1. The number of amides is 4. The summed E-state index contributed by atoms with van der Waals surface area (Å²) in [6.07, 6.45) is 2.42. The number of nitrogens with one attached hydrogen (secondary N) is 4. The molecule has 1 unspecified atom stereocenters. The van der Waals surface area contributed by atoms with Gasteiger partial charge < -0.3 is 25.4 Å². The monoisotopic (exact) mass is 608 g/mol. The fourth-order valence-corrected chi connectivity index (χ4v) is 5.18. The van der Waals surface area contributed by atoms with Gasteiger partial charge in [-0.05, 0) is 50.8 Å². The van der Waals surface area contributed by atoms with Gasteiger partial charge in [-0.25, -0.2) is 9.59 Å². The van der Waals surface area contributed by atoms with Crippen molar-refractivity contribution in [1.82, 2.24) is 20.5 Å². The maximum atomic E-state index is 13.0. The van der Waals surface area contributed by atoms with Crippen molar-refractivity contribution in [3.05, 3.63) is 76.2 Å². The summed E-state index contributed by atoms with van der Waals surface area (Å²) in [6, 6.07) is 12.9. The highest BCUT2D eigenvalue weighted by Gasteiger charge is 2.21. The number of benzene rings is 1. The molecule has 3 heterocycles. The number of nitrogens with zero attached hydrogens (tertiary/aromatic N) is 2. The zero-order valence-electron chi connectivity index (χ0n) is 24.9. The molecule has 4 amide bonds. The first-order chi connectivity index (χ1) is 20.7. The maximum Gasteiger partial charge on any atom is 0.412 e. The van der Waals surface area contributed by atoms with Crippen molar-refractivity contribution in [3.63, 3.8) is 0 Å². The van der Waals surface area contributed by atoms with Gasteiger partial charge >= 0.3 is 12.1 Å². The first-order valence-corrected chi connectivity index (χ1v) is 15.3. The highest BCUT2D eigenvalue weighted by molar-refractivity contribution is 7.09. The van der Waals surface area contributed by atoms with Crippen LogP contribution in [-0.2, 0) is 15.9 Å². The normalized spacial score (nSPS) is 14.4. The Balaban J connectivity index is 1.37. The molecule has 0 bridgehead atoms. The van der Waals surface area contributed by atoms with Crippen molar-refractivity contribution < 1.29 is 23.9 Å². The standard InChI is InChI=1S/C31H40N6O5S/c1-31(2,3)42-30(40)36-27-21-43-20-26(27)34-28(38)25-10-9-23(19-33-25)24(12-14-37-15-17-41-18-16-37)35-29(39)32-13-11-22-7-5-4-6-8-22/h4-10,19-21,24H,11-18H2,1-3H3,(H,34,38)(H,36,40)(H2,32,35,39). The van der Waals surface area contributed by atoms with Crippen LogP contribution >= 0.6 is 11.3 Å². The summed E-state index contributed by atoms with van der Waals surface area (Å²) in [5.41, 5.74) is 2.40. The minimum absolute atomic E-state index is 0.206. The lowest BCUT2D eigenvalue weighted by Crippen LogP contribution is -2.41. The topological polar surface area (TPSA) is 134 Å². The molecule has 1 aliphatic rings. The zero-order chi connectivity index (χ0) is 30.7. The van der Waals surface area contributed by atoms with Gasteiger partial charge in [-0.1, -0.05) is 36.4 Å². The molecule has 12 heteroatoms. The second kappa shape index (κ2) is 15.5. The zero-order valence-corrected chi connectivity index (χ0v) is 25.7. The van der Waals surface area contributed by atoms with E-state index in [9.17, 15) is 14.4 Å². The van der Waals surface area contributed by atoms with Crippen LogP contribution in [-0.4, -0.2) is 72.9 Å². The molecule has 2 aromatic heterocycles. The second-order valence-corrected chi connectivity index (χ2v) is 11.9. The quantitative estimate of drug-likeness (QED) is 0.239. The number of aromatic nitrogens is 1. The highest BCUT2D eigenvalue weighted by Crippen LogP contribution is 2.28. The summed E-state index contributed by atoms with van der Waals surface area (Å²) < 4.78 is 10.8. The van der Waals surface area contributed by atoms with Gasteiger partial charge in [0.1, 0.15) is 11.3 Å². The second-order valence-electron chi connectivity index (χ2n) is 11.2. The van der Waals surface area contributed by atoms with Gasteiger partial charge in [0.2, 0.25) is 0 Å². The van der Waals surface area contributed by atoms with Crippen LogP contribution in [0.15, 0.2) is 59.4 Å². The Hall–Kier alpha value is -4.00. The highest BCUT2D eigenvalue weighted by atomic mass is 32.1. The molecule has 230 valence electrons. The number of anilines is 2. The Kier molecular flexibility index (Phi) is 11.5. The molecule has 1 aliphatic heterocycles. The van der Waals surface area contributed by atoms with E-state index >= 15 is 0 Å². The molecule has 3 aromatic rings. The molecule has 4 rings (SSSR count). The van der Waals surface area contributed by atoms with Crippen LogP contribution in [0.2, 0.25) is 0 Å². The summed E-state index contributed by atoms with van der Waals surface area (Å²) in [5.74, 6) is -0.423. The van der Waals surface area contributed by atoms with Crippen LogP contribution < -0.4 is 21.3 Å². The third kappa shape index (κ3) is 10.7. The summed E-state index contributed by atoms with van der Waals surface area (Å²) in [7, 11) is 0. The SMILES string of the molecule is CC(C)(C)OC(=O)Nc1cscc1NC(=O)c1ccc(C(CCN2CCOCC2)NC(=O)NCCc2ccccc2)cn1. The molecular formula is C31H40N6O5S. The van der Waals surface area contributed by atoms with E-state index in [1.807, 2.05) is 36.4 Å². The predicted octanol–water partition coefficient (Wildman–Crippen LogP) is 5.05. The Morgan fingerprint density at radius 2 is 1.74 bits per heavy atom. The summed E-state index contributed by atoms with van der Waals surface area (Å²) in [6.45, 7) is 9.72. The number of thiophene rings is 1. The average Bonchev–Trinajstić information content (AvgIpc) is 3.41. The van der Waals surface area contributed by atoms with Crippen molar-refractivity contribution in [2.45, 2.75) is 45.3 Å². The van der Waals surface area contributed by atoms with Crippen molar-refractivity contribution in [3.8, 4) is 0 Å². The van der Waals surface area contributed by atoms with Gasteiger partial charge in [0.15, 0.2) is 0 Å². The van der Waals surface area contributed by atoms with E-state index in [0.29, 0.717) is 37.6 Å². The lowest BCUT2D eigenvalue weighted by Gasteiger charge is -2.28. The largest absolute Gasteiger partial charge is 0.444 e. The van der Waals surface area contributed by atoms with E-state index in [4.69, 9.17) is 9.47 Å². The van der Waals surface area contributed by atoms with Crippen molar-refractivity contribution in [1.29, 1.82) is 0 Å². The number of ether oxygens (including phenoxy) is 2. The van der Waals surface area contributed by atoms with Crippen LogP contribution in [0, 0.1) is 0 Å². The molecule has 11 nitrogen and oxygen atoms in total. The fourth-order valence-electron chi connectivity index (χ4n) is 4.47. The van der Waals surface area contributed by atoms with E-state index in [0.717, 1.165) is 37.2 Å². The minimum Gasteiger partial charge on any atom is -0.444 e. The van der Waals surface area contributed by atoms with Crippen LogP contribution in [0.4, 0.5) is 21.0 Å². The smallest absolute Gasteiger partial charge is 0.412 e. The molecule has 1 atom stereocenters. The number of rotatable bonds is 11. The predicted molar refractivity (Wildman–Crippen MR) is 168 cm³/mol. The lowest BCUT2D eigenvalue weighted by atomic mass is 10.0. The Morgan fingerprint density at radius 3 is 2.42 bits per heavy atom. The molecule has 1 saturated heterocycles. The fraction of sp³-hybridized carbons (Fsp3) is 0.419. The van der Waals surface area contributed by atoms with E-state index < -0.39 is 17.6 Å². The van der Waals surface area contributed by atoms with Gasteiger partial charge in [0.25, 0.3) is 5.91 Å². The third-order valence-corrected chi connectivity index (χ3v) is 7.40. The molecule has 0 saturated carbocycles. The summed E-state index contributed by atoms with van der Waals surface area (Å²) in [4.78, 5) is 44.7. The first kappa shape index (κ1) is 31.9. The van der Waals surface area contributed by atoms with Crippen molar-refractivity contribution >= 4 is 40.7 Å². The van der Waals surface area contributed by atoms with E-state index in [-0.39, 0.29) is 17.8 Å². The van der Waals surface area contributed by atoms with Gasteiger partial charge in [-0.15, -0.1) is 11.3 Å². The van der Waals surface area contributed by atoms with E-state index in [1.54, 1.807) is 43.8 Å². The molecule has 1 aromatic carbocycles. The average molecular weight is 609 g/mol. The Labute approximate surface area is 256 Å². The molecule has 43 heavy (non-hydrogen) atoms. The number of carbonyl (C=O) groups excluding carboxylic acids is 3. The number of urea groups is 1. The Morgan fingerprint density at radius 1 is 1.02 bits per heavy atom. The number of carbonyl (C=O) groups is 3. The number of hydrogen-bond acceptors (Lipinski definition) is 8. The summed E-state index contributed by atoms with van der Waals surface area (Å²) in [5, 5.41) is 14.9. The van der Waals surface area contributed by atoms with Gasteiger partial charge in [-0.3, -0.25) is 20.0 Å². The van der Waals surface area contributed by atoms with E-state index in [1.165, 1.54) is 11.3 Å². The van der Waals surface area contributed by atoms with Gasteiger partial charge in [0, 0.05) is 43.1 Å². The number of hydrogen-bond donors (Lipinski definition) is 4. The van der Waals surface area contributed by atoms with Crippen LogP contribution in [0.5, 0.6) is 0 Å². The molecule has 0 spiro atoms. The van der Waals surface area contributed by atoms with Crippen molar-refractivity contribution in [2.75, 3.05) is 50.0 Å². The molecule has 0 aliphatic carbocycles. The van der Waals surface area contributed by atoms with Crippen LogP contribution in [0.25, 0.3) is 0 Å². The van der Waals surface area contributed by atoms with Gasteiger partial charge in [-0.2, -0.15) is 0 Å². The molecule has 0 radical (unpaired) electrons. The molecule has 1 fully saturated rings. The number of pyridine rings is 1. The third-order valence-electron chi connectivity index (χ3n) is 6.65. The Bertz CT molecular complexity index is 1340.